The lowest BCUT2D eigenvalue weighted by atomic mass is 10.0. The highest BCUT2D eigenvalue weighted by Crippen LogP contribution is 2.36. The summed E-state index contributed by atoms with van der Waals surface area (Å²) in [5.41, 5.74) is 5.12. The third-order valence-corrected chi connectivity index (χ3v) is 5.97. The zero-order valence-electron chi connectivity index (χ0n) is 20.7. The van der Waals surface area contributed by atoms with Crippen LogP contribution in [0.4, 0.5) is 0 Å². The van der Waals surface area contributed by atoms with E-state index in [0.717, 1.165) is 5.56 Å². The number of carbonyl (C=O) groups is 2. The first-order valence-electron chi connectivity index (χ1n) is 11.5. The Labute approximate surface area is 224 Å². The van der Waals surface area contributed by atoms with E-state index in [1.165, 1.54) is 13.3 Å². The summed E-state index contributed by atoms with van der Waals surface area (Å²) in [6.45, 7) is 3.98. The normalized spacial score (nSPS) is 11.6. The molecule has 0 aliphatic heterocycles. The second-order valence-corrected chi connectivity index (χ2v) is 9.28. The summed E-state index contributed by atoms with van der Waals surface area (Å²) in [6, 6.07) is 20.7. The molecule has 0 spiro atoms. The largest absolute Gasteiger partial charge is 0.493 e. The molecule has 3 rings (SSSR count). The Morgan fingerprint density at radius 3 is 2.43 bits per heavy atom. The molecule has 0 aliphatic carbocycles. The Morgan fingerprint density at radius 1 is 1.11 bits per heavy atom. The number of carbonyl (C=O) groups excluding carboxylic acids is 2. The van der Waals surface area contributed by atoms with E-state index in [-0.39, 0.29) is 18.4 Å². The number of hydrazone groups is 1. The van der Waals surface area contributed by atoms with E-state index in [9.17, 15) is 9.59 Å². The van der Waals surface area contributed by atoms with Crippen LogP contribution < -0.4 is 20.2 Å². The van der Waals surface area contributed by atoms with Crippen molar-refractivity contribution in [1.82, 2.24) is 10.7 Å². The van der Waals surface area contributed by atoms with Gasteiger partial charge in [-0.1, -0.05) is 44.2 Å². The molecule has 0 saturated carbocycles. The van der Waals surface area contributed by atoms with Crippen LogP contribution in [0.15, 0.2) is 76.3 Å². The first kappa shape index (κ1) is 27.4. The number of nitrogens with zero attached hydrogens (tertiary/aromatic N) is 2. The van der Waals surface area contributed by atoms with Crippen LogP contribution in [0, 0.1) is 17.2 Å². The molecular weight excluding hydrogens is 536 g/mol. The van der Waals surface area contributed by atoms with Crippen molar-refractivity contribution in [3.63, 3.8) is 0 Å². The maximum absolute atomic E-state index is 12.7. The van der Waals surface area contributed by atoms with Gasteiger partial charge >= 0.3 is 0 Å². The molecule has 1 atom stereocenters. The highest BCUT2D eigenvalue weighted by atomic mass is 79.9. The monoisotopic (exact) mass is 562 g/mol. The molecule has 0 saturated heterocycles. The summed E-state index contributed by atoms with van der Waals surface area (Å²) in [5, 5.41) is 15.8. The average molecular weight is 563 g/mol. The minimum absolute atomic E-state index is 0.148. The first-order valence-corrected chi connectivity index (χ1v) is 12.3. The van der Waals surface area contributed by atoms with Crippen LogP contribution in [0.2, 0.25) is 0 Å². The molecule has 8 nitrogen and oxygen atoms in total. The van der Waals surface area contributed by atoms with Crippen molar-refractivity contribution >= 4 is 34.0 Å². The number of hydrogen-bond donors (Lipinski definition) is 2. The third kappa shape index (κ3) is 7.66. The molecule has 2 N–H and O–H groups in total. The zero-order valence-corrected chi connectivity index (χ0v) is 22.3. The number of benzene rings is 3. The molecule has 190 valence electrons. The number of halogens is 1. The summed E-state index contributed by atoms with van der Waals surface area (Å²) < 4.78 is 12.1. The molecular formula is C28H27BrN4O4. The average Bonchev–Trinajstić information content (AvgIpc) is 2.91. The van der Waals surface area contributed by atoms with Gasteiger partial charge in [0.25, 0.3) is 11.8 Å². The van der Waals surface area contributed by atoms with Crippen molar-refractivity contribution in [3.8, 4) is 17.6 Å². The molecule has 9 heteroatoms. The predicted molar refractivity (Wildman–Crippen MR) is 144 cm³/mol. The number of ether oxygens (including phenoxy) is 2. The predicted octanol–water partition coefficient (Wildman–Crippen LogP) is 4.81. The van der Waals surface area contributed by atoms with Crippen LogP contribution >= 0.6 is 15.9 Å². The summed E-state index contributed by atoms with van der Waals surface area (Å²) in [6.07, 6.45) is 1.48. The maximum Gasteiger partial charge on any atom is 0.262 e. The van der Waals surface area contributed by atoms with Gasteiger partial charge in [-0.3, -0.25) is 9.59 Å². The number of nitrogens with one attached hydrogen (secondary N) is 2. The van der Waals surface area contributed by atoms with Crippen molar-refractivity contribution in [1.29, 1.82) is 5.26 Å². The lowest BCUT2D eigenvalue weighted by Gasteiger charge is -2.20. The Bertz CT molecular complexity index is 1300. The molecule has 2 amide bonds. The van der Waals surface area contributed by atoms with Gasteiger partial charge in [-0.05, 0) is 69.4 Å². The van der Waals surface area contributed by atoms with Crippen molar-refractivity contribution in [2.24, 2.45) is 11.0 Å². The lowest BCUT2D eigenvalue weighted by molar-refractivity contribution is -0.123. The van der Waals surface area contributed by atoms with Crippen LogP contribution in [-0.2, 0) is 11.4 Å². The molecule has 0 fully saturated rings. The summed E-state index contributed by atoms with van der Waals surface area (Å²) in [5.74, 6) is 0.0831. The van der Waals surface area contributed by atoms with E-state index in [2.05, 4.69) is 37.8 Å². The quantitative estimate of drug-likeness (QED) is 0.272. The molecule has 3 aromatic rings. The van der Waals surface area contributed by atoms with Crippen molar-refractivity contribution in [3.05, 3.63) is 93.5 Å². The smallest absolute Gasteiger partial charge is 0.262 e. The van der Waals surface area contributed by atoms with E-state index in [1.54, 1.807) is 48.5 Å². The van der Waals surface area contributed by atoms with Gasteiger partial charge in [0.1, 0.15) is 12.6 Å². The van der Waals surface area contributed by atoms with Crippen LogP contribution in [0.5, 0.6) is 11.5 Å². The number of rotatable bonds is 10. The molecule has 0 aromatic heterocycles. The summed E-state index contributed by atoms with van der Waals surface area (Å²) in [7, 11) is 1.53. The van der Waals surface area contributed by atoms with Gasteiger partial charge < -0.3 is 14.8 Å². The lowest BCUT2D eigenvalue weighted by Crippen LogP contribution is -2.48. The van der Waals surface area contributed by atoms with E-state index in [4.69, 9.17) is 14.7 Å². The first-order chi connectivity index (χ1) is 17.8. The van der Waals surface area contributed by atoms with Gasteiger partial charge in [-0.25, -0.2) is 5.43 Å². The van der Waals surface area contributed by atoms with Crippen LogP contribution in [0.1, 0.15) is 40.9 Å². The van der Waals surface area contributed by atoms with Crippen LogP contribution in [-0.4, -0.2) is 31.2 Å². The van der Waals surface area contributed by atoms with Gasteiger partial charge in [0.2, 0.25) is 0 Å². The minimum Gasteiger partial charge on any atom is -0.493 e. The molecule has 0 bridgehead atoms. The van der Waals surface area contributed by atoms with E-state index in [0.29, 0.717) is 32.7 Å². The van der Waals surface area contributed by atoms with Gasteiger partial charge in [0.15, 0.2) is 11.5 Å². The molecule has 3 aromatic carbocycles. The van der Waals surface area contributed by atoms with Gasteiger partial charge in [-0.15, -0.1) is 0 Å². The highest BCUT2D eigenvalue weighted by molar-refractivity contribution is 9.10. The zero-order chi connectivity index (χ0) is 26.8. The van der Waals surface area contributed by atoms with Crippen LogP contribution in [0.25, 0.3) is 0 Å². The number of amides is 2. The van der Waals surface area contributed by atoms with Gasteiger partial charge in [-0.2, -0.15) is 10.4 Å². The minimum atomic E-state index is -0.760. The molecule has 0 radical (unpaired) electrons. The maximum atomic E-state index is 12.7. The summed E-state index contributed by atoms with van der Waals surface area (Å²) in [4.78, 5) is 25.2. The highest BCUT2D eigenvalue weighted by Gasteiger charge is 2.24. The topological polar surface area (TPSA) is 113 Å². The van der Waals surface area contributed by atoms with Gasteiger partial charge in [0, 0.05) is 5.56 Å². The summed E-state index contributed by atoms with van der Waals surface area (Å²) >= 11 is 3.50. The second kappa shape index (κ2) is 13.2. The third-order valence-electron chi connectivity index (χ3n) is 5.38. The van der Waals surface area contributed by atoms with Crippen molar-refractivity contribution in [2.45, 2.75) is 26.5 Å². The Balaban J connectivity index is 1.65. The van der Waals surface area contributed by atoms with Crippen molar-refractivity contribution in [2.75, 3.05) is 7.11 Å². The molecule has 1 unspecified atom stereocenters. The fourth-order valence-corrected chi connectivity index (χ4v) is 3.95. The van der Waals surface area contributed by atoms with Crippen LogP contribution in [0.3, 0.4) is 0 Å². The second-order valence-electron chi connectivity index (χ2n) is 8.43. The fourth-order valence-electron chi connectivity index (χ4n) is 3.37. The van der Waals surface area contributed by atoms with Crippen molar-refractivity contribution < 1.29 is 19.1 Å². The SMILES string of the molecule is COc1cc(C=NNC(=O)C(NC(=O)c2ccccc2)C(C)C)cc(Br)c1OCc1ccc(C#N)cc1. The number of methoxy groups -OCH3 is 1. The van der Waals surface area contributed by atoms with E-state index in [1.807, 2.05) is 32.0 Å². The fraction of sp³-hybridized carbons (Fsp3) is 0.214. The standard InChI is InChI=1S/C28H27BrN4O4/c1-18(2)25(32-27(34)22-7-5-4-6-8-22)28(35)33-31-16-21-13-23(29)26(24(14-21)36-3)37-17-20-11-9-19(15-30)10-12-20/h4-14,16,18,25H,17H2,1-3H3,(H,32,34)(H,33,35). The Morgan fingerprint density at radius 2 is 1.81 bits per heavy atom. The Hall–Kier alpha value is -4.16. The number of hydrogen-bond acceptors (Lipinski definition) is 6. The number of nitriles is 1. The molecule has 0 aliphatic rings. The van der Waals surface area contributed by atoms with E-state index < -0.39 is 11.9 Å². The molecule has 37 heavy (non-hydrogen) atoms. The van der Waals surface area contributed by atoms with E-state index >= 15 is 0 Å². The van der Waals surface area contributed by atoms with Gasteiger partial charge in [0.05, 0.1) is 29.4 Å². The molecule has 0 heterocycles. The Kier molecular flexibility index (Phi) is 9.81.